The molecule has 0 saturated heterocycles. The molecule has 2 rings (SSSR count). The molecule has 98 valence electrons. The van der Waals surface area contributed by atoms with Gasteiger partial charge in [0.2, 0.25) is 0 Å². The number of rotatable bonds is 2. The highest BCUT2D eigenvalue weighted by Gasteiger charge is 2.13. The molecule has 0 spiro atoms. The summed E-state index contributed by atoms with van der Waals surface area (Å²) in [5.74, 6) is -5.00. The minimum Gasteiger partial charge on any atom is -0.320 e. The summed E-state index contributed by atoms with van der Waals surface area (Å²) in [7, 11) is 0. The van der Waals surface area contributed by atoms with Crippen LogP contribution >= 0.6 is 15.9 Å². The summed E-state index contributed by atoms with van der Waals surface area (Å²) in [5, 5.41) is 2.23. The number of benzene rings is 1. The molecule has 0 saturated carbocycles. The number of amides is 1. The maximum Gasteiger partial charge on any atom is 0.274 e. The molecule has 0 radical (unpaired) electrons. The van der Waals surface area contributed by atoms with Crippen molar-refractivity contribution in [3.63, 3.8) is 0 Å². The largest absolute Gasteiger partial charge is 0.320 e. The average molecular weight is 331 g/mol. The molecule has 1 aromatic carbocycles. The monoisotopic (exact) mass is 330 g/mol. The van der Waals surface area contributed by atoms with Crippen LogP contribution < -0.4 is 5.32 Å². The Morgan fingerprint density at radius 1 is 1.16 bits per heavy atom. The van der Waals surface area contributed by atoms with Gasteiger partial charge in [-0.15, -0.1) is 0 Å². The lowest BCUT2D eigenvalue weighted by atomic mass is 10.2. The molecule has 0 aliphatic rings. The van der Waals surface area contributed by atoms with Crippen LogP contribution in [-0.4, -0.2) is 10.9 Å². The summed E-state index contributed by atoms with van der Waals surface area (Å²) in [6.07, 6.45) is 0. The molecule has 0 atom stereocenters. The Morgan fingerprint density at radius 2 is 1.79 bits per heavy atom. The van der Waals surface area contributed by atoms with E-state index in [0.29, 0.717) is 16.7 Å². The summed E-state index contributed by atoms with van der Waals surface area (Å²) >= 11 is 3.09. The number of hydrogen-bond acceptors (Lipinski definition) is 2. The second-order valence-electron chi connectivity index (χ2n) is 3.55. The molecule has 3 nitrogen and oxygen atoms in total. The first-order chi connectivity index (χ1) is 8.97. The fourth-order valence-corrected chi connectivity index (χ4v) is 1.70. The average Bonchev–Trinajstić information content (AvgIpc) is 2.36. The topological polar surface area (TPSA) is 42.0 Å². The van der Waals surface area contributed by atoms with E-state index in [0.717, 1.165) is 0 Å². The normalized spacial score (nSPS) is 10.3. The lowest BCUT2D eigenvalue weighted by Gasteiger charge is -2.06. The van der Waals surface area contributed by atoms with Gasteiger partial charge >= 0.3 is 0 Å². The first kappa shape index (κ1) is 13.5. The molecule has 1 heterocycles. The van der Waals surface area contributed by atoms with E-state index in [-0.39, 0.29) is 11.4 Å². The summed E-state index contributed by atoms with van der Waals surface area (Å²) in [6, 6.07) is 6.00. The highest BCUT2D eigenvalue weighted by Crippen LogP contribution is 2.18. The van der Waals surface area contributed by atoms with E-state index < -0.39 is 23.4 Å². The van der Waals surface area contributed by atoms with Gasteiger partial charge in [-0.2, -0.15) is 0 Å². The van der Waals surface area contributed by atoms with Crippen molar-refractivity contribution in [1.82, 2.24) is 4.98 Å². The second kappa shape index (κ2) is 5.40. The van der Waals surface area contributed by atoms with Gasteiger partial charge < -0.3 is 5.32 Å². The van der Waals surface area contributed by atoms with Crippen molar-refractivity contribution in [1.29, 1.82) is 0 Å². The number of nitrogens with one attached hydrogen (secondary N) is 1. The maximum absolute atomic E-state index is 13.0. The molecule has 0 aliphatic heterocycles. The molecular weight excluding hydrogens is 325 g/mol. The van der Waals surface area contributed by atoms with Gasteiger partial charge in [-0.25, -0.2) is 18.2 Å². The zero-order valence-corrected chi connectivity index (χ0v) is 10.8. The van der Waals surface area contributed by atoms with E-state index in [9.17, 15) is 18.0 Å². The van der Waals surface area contributed by atoms with Crippen molar-refractivity contribution in [2.45, 2.75) is 0 Å². The molecule has 1 N–H and O–H groups in total. The fourth-order valence-electron chi connectivity index (χ4n) is 1.36. The van der Waals surface area contributed by atoms with Crippen LogP contribution in [0.25, 0.3) is 0 Å². The van der Waals surface area contributed by atoms with E-state index in [2.05, 4.69) is 26.2 Å². The summed E-state index contributed by atoms with van der Waals surface area (Å²) in [5.41, 5.74) is -0.136. The Hall–Kier alpha value is -1.89. The second-order valence-corrected chi connectivity index (χ2v) is 4.37. The SMILES string of the molecule is O=C(Nc1cc(F)c(F)c(F)c1)c1cccc(Br)n1. The van der Waals surface area contributed by atoms with Crippen LogP contribution in [0.2, 0.25) is 0 Å². The van der Waals surface area contributed by atoms with Gasteiger partial charge in [-0.05, 0) is 28.1 Å². The molecule has 0 fully saturated rings. The number of carbonyl (C=O) groups excluding carboxylic acids is 1. The van der Waals surface area contributed by atoms with Crippen molar-refractivity contribution in [2.75, 3.05) is 5.32 Å². The van der Waals surface area contributed by atoms with E-state index in [1.165, 1.54) is 6.07 Å². The van der Waals surface area contributed by atoms with Gasteiger partial charge in [0.25, 0.3) is 5.91 Å². The number of pyridine rings is 1. The quantitative estimate of drug-likeness (QED) is 0.676. The van der Waals surface area contributed by atoms with Gasteiger partial charge in [-0.3, -0.25) is 4.79 Å². The van der Waals surface area contributed by atoms with Crippen LogP contribution in [0.5, 0.6) is 0 Å². The maximum atomic E-state index is 13.0. The van der Waals surface area contributed by atoms with Crippen LogP contribution in [0.1, 0.15) is 10.5 Å². The van der Waals surface area contributed by atoms with Crippen molar-refractivity contribution >= 4 is 27.5 Å². The standard InChI is InChI=1S/C12H6BrF3N2O/c13-10-3-1-2-9(18-10)12(19)17-6-4-7(14)11(16)8(15)5-6/h1-5H,(H,17,19). The van der Waals surface area contributed by atoms with E-state index in [1.807, 2.05) is 0 Å². The van der Waals surface area contributed by atoms with Gasteiger partial charge in [0, 0.05) is 17.8 Å². The number of aromatic nitrogens is 1. The first-order valence-electron chi connectivity index (χ1n) is 5.06. The van der Waals surface area contributed by atoms with Crippen molar-refractivity contribution in [2.24, 2.45) is 0 Å². The Bertz CT molecular complexity index is 626. The first-order valence-corrected chi connectivity index (χ1v) is 5.85. The third-order valence-corrected chi connectivity index (χ3v) is 2.63. The predicted molar refractivity (Wildman–Crippen MR) is 66.2 cm³/mol. The van der Waals surface area contributed by atoms with Crippen molar-refractivity contribution in [3.8, 4) is 0 Å². The van der Waals surface area contributed by atoms with Crippen LogP contribution in [0.15, 0.2) is 34.9 Å². The molecule has 0 unspecified atom stereocenters. The van der Waals surface area contributed by atoms with Crippen molar-refractivity contribution in [3.05, 3.63) is 58.1 Å². The summed E-state index contributed by atoms with van der Waals surface area (Å²) in [4.78, 5) is 15.6. The molecule has 2 aromatic rings. The molecule has 1 aromatic heterocycles. The highest BCUT2D eigenvalue weighted by atomic mass is 79.9. The summed E-state index contributed by atoms with van der Waals surface area (Å²) < 4.78 is 39.1. The Morgan fingerprint density at radius 3 is 2.37 bits per heavy atom. The number of nitrogens with zero attached hydrogens (tertiary/aromatic N) is 1. The third-order valence-electron chi connectivity index (χ3n) is 2.19. The zero-order valence-electron chi connectivity index (χ0n) is 9.25. The molecule has 19 heavy (non-hydrogen) atoms. The predicted octanol–water partition coefficient (Wildman–Crippen LogP) is 3.51. The van der Waals surface area contributed by atoms with Gasteiger partial charge in [0.05, 0.1) is 0 Å². The minimum atomic E-state index is -1.58. The highest BCUT2D eigenvalue weighted by molar-refractivity contribution is 9.10. The zero-order chi connectivity index (χ0) is 14.0. The van der Waals surface area contributed by atoms with Crippen LogP contribution in [0, 0.1) is 17.5 Å². The van der Waals surface area contributed by atoms with Gasteiger partial charge in [-0.1, -0.05) is 6.07 Å². The van der Waals surface area contributed by atoms with Crippen LogP contribution in [0.3, 0.4) is 0 Å². The molecule has 0 aliphatic carbocycles. The number of carbonyl (C=O) groups is 1. The number of hydrogen-bond donors (Lipinski definition) is 1. The number of halogens is 4. The lowest BCUT2D eigenvalue weighted by molar-refractivity contribution is 0.102. The Labute approximate surface area is 114 Å². The molecule has 0 bridgehead atoms. The van der Waals surface area contributed by atoms with E-state index >= 15 is 0 Å². The van der Waals surface area contributed by atoms with Crippen molar-refractivity contribution < 1.29 is 18.0 Å². The van der Waals surface area contributed by atoms with Gasteiger partial charge in [0.15, 0.2) is 17.5 Å². The summed E-state index contributed by atoms with van der Waals surface area (Å²) in [6.45, 7) is 0. The van der Waals surface area contributed by atoms with Crippen LogP contribution in [0.4, 0.5) is 18.9 Å². The fraction of sp³-hybridized carbons (Fsp3) is 0. The molecule has 1 amide bonds. The third kappa shape index (κ3) is 3.11. The molecule has 7 heteroatoms. The van der Waals surface area contributed by atoms with E-state index in [4.69, 9.17) is 0 Å². The number of anilines is 1. The Kier molecular flexibility index (Phi) is 3.84. The smallest absolute Gasteiger partial charge is 0.274 e. The minimum absolute atomic E-state index is 0.0551. The van der Waals surface area contributed by atoms with E-state index in [1.54, 1.807) is 12.1 Å². The van der Waals surface area contributed by atoms with Gasteiger partial charge in [0.1, 0.15) is 10.3 Å². The Balaban J connectivity index is 2.24. The lowest BCUT2D eigenvalue weighted by Crippen LogP contribution is -2.14. The molecular formula is C12H6BrF3N2O. The van der Waals surface area contributed by atoms with Crippen LogP contribution in [-0.2, 0) is 0 Å².